The van der Waals surface area contributed by atoms with Crippen LogP contribution in [0.3, 0.4) is 0 Å². The summed E-state index contributed by atoms with van der Waals surface area (Å²) in [5.74, 6) is 0. The number of nitrogens with zero attached hydrogens (tertiary/aromatic N) is 3. The van der Waals surface area contributed by atoms with Crippen molar-refractivity contribution in [1.29, 1.82) is 0 Å². The Kier molecular flexibility index (Phi) is 5.40. The van der Waals surface area contributed by atoms with Crippen LogP contribution in [-0.4, -0.2) is 33.8 Å². The van der Waals surface area contributed by atoms with Gasteiger partial charge in [-0.1, -0.05) is 19.8 Å². The fraction of sp³-hybridized carbons (Fsp3) is 0.800. The van der Waals surface area contributed by atoms with Gasteiger partial charge in [-0.25, -0.2) is 0 Å². The largest absolute Gasteiger partial charge is 0.329 e. The zero-order valence-corrected chi connectivity index (χ0v) is 12.4. The Hall–Kier alpha value is -0.870. The van der Waals surface area contributed by atoms with Crippen molar-refractivity contribution in [1.82, 2.24) is 14.7 Å². The second kappa shape index (κ2) is 7.06. The first-order valence-electron chi connectivity index (χ1n) is 7.78. The van der Waals surface area contributed by atoms with Gasteiger partial charge < -0.3 is 5.73 Å². The number of nitrogens with two attached hydrogens (primary N) is 1. The summed E-state index contributed by atoms with van der Waals surface area (Å²) in [4.78, 5) is 2.63. The molecule has 1 saturated heterocycles. The minimum absolute atomic E-state index is 0.345. The Morgan fingerprint density at radius 1 is 1.42 bits per heavy atom. The Morgan fingerprint density at radius 2 is 2.26 bits per heavy atom. The average Bonchev–Trinajstić information content (AvgIpc) is 2.91. The number of aryl methyl sites for hydroxylation is 1. The van der Waals surface area contributed by atoms with E-state index >= 15 is 0 Å². The lowest BCUT2D eigenvalue weighted by molar-refractivity contribution is 0.0912. The highest BCUT2D eigenvalue weighted by Crippen LogP contribution is 2.29. The third-order valence-corrected chi connectivity index (χ3v) is 4.28. The summed E-state index contributed by atoms with van der Waals surface area (Å²) < 4.78 is 2.00. The summed E-state index contributed by atoms with van der Waals surface area (Å²) in [6.45, 7) is 7.20. The van der Waals surface area contributed by atoms with E-state index in [1.165, 1.54) is 44.2 Å². The number of aromatic nitrogens is 2. The molecule has 19 heavy (non-hydrogen) atoms. The molecule has 2 N–H and O–H groups in total. The highest BCUT2D eigenvalue weighted by atomic mass is 15.3. The number of likely N-dealkylation sites (tertiary alicyclic amines) is 1. The van der Waals surface area contributed by atoms with Gasteiger partial charge >= 0.3 is 0 Å². The monoisotopic (exact) mass is 264 g/mol. The lowest BCUT2D eigenvalue weighted by Crippen LogP contribution is -2.44. The van der Waals surface area contributed by atoms with E-state index in [9.17, 15) is 0 Å². The molecule has 0 spiro atoms. The topological polar surface area (TPSA) is 47.1 Å². The van der Waals surface area contributed by atoms with Crippen molar-refractivity contribution in [2.45, 2.75) is 64.6 Å². The summed E-state index contributed by atoms with van der Waals surface area (Å²) in [7, 11) is 0. The Morgan fingerprint density at radius 3 is 2.89 bits per heavy atom. The molecule has 0 saturated carbocycles. The molecular weight excluding hydrogens is 236 g/mol. The highest BCUT2D eigenvalue weighted by molar-refractivity contribution is 5.12. The quantitative estimate of drug-likeness (QED) is 0.859. The molecule has 1 fully saturated rings. The fourth-order valence-corrected chi connectivity index (χ4v) is 3.26. The molecule has 2 heterocycles. The van der Waals surface area contributed by atoms with Crippen molar-refractivity contribution in [3.05, 3.63) is 18.0 Å². The summed E-state index contributed by atoms with van der Waals surface area (Å²) in [6.07, 6.45) is 10.7. The zero-order valence-electron chi connectivity index (χ0n) is 12.4. The summed E-state index contributed by atoms with van der Waals surface area (Å²) in [5, 5.41) is 4.40. The van der Waals surface area contributed by atoms with Crippen LogP contribution in [0.4, 0.5) is 0 Å². The van der Waals surface area contributed by atoms with Crippen molar-refractivity contribution in [2.75, 3.05) is 13.1 Å². The maximum atomic E-state index is 6.07. The highest BCUT2D eigenvalue weighted by Gasteiger charge is 2.29. The van der Waals surface area contributed by atoms with E-state index in [0.29, 0.717) is 18.6 Å². The van der Waals surface area contributed by atoms with Gasteiger partial charge in [-0.15, -0.1) is 0 Å². The van der Waals surface area contributed by atoms with Gasteiger partial charge in [-0.05, 0) is 32.7 Å². The second-order valence-electron chi connectivity index (χ2n) is 5.56. The SMILES string of the molecule is CCCC1CCCCN1C(CN)c1cnn(CC)c1. The number of piperidine rings is 1. The first-order valence-corrected chi connectivity index (χ1v) is 7.78. The number of rotatable bonds is 6. The van der Waals surface area contributed by atoms with E-state index in [0.717, 1.165) is 6.54 Å². The average molecular weight is 264 g/mol. The molecule has 0 radical (unpaired) electrons. The Bertz CT molecular complexity index is 372. The van der Waals surface area contributed by atoms with Gasteiger partial charge in [0.05, 0.1) is 12.2 Å². The summed E-state index contributed by atoms with van der Waals surface area (Å²) in [5.41, 5.74) is 7.35. The van der Waals surface area contributed by atoms with Gasteiger partial charge in [0.2, 0.25) is 0 Å². The predicted molar refractivity (Wildman–Crippen MR) is 78.9 cm³/mol. The first kappa shape index (κ1) is 14.5. The predicted octanol–water partition coefficient (Wildman–Crippen LogP) is 2.56. The van der Waals surface area contributed by atoms with E-state index in [2.05, 4.69) is 30.0 Å². The minimum Gasteiger partial charge on any atom is -0.329 e. The van der Waals surface area contributed by atoms with Gasteiger partial charge in [-0.3, -0.25) is 9.58 Å². The summed E-state index contributed by atoms with van der Waals surface area (Å²) in [6, 6.07) is 1.05. The lowest BCUT2D eigenvalue weighted by atomic mass is 9.94. The zero-order chi connectivity index (χ0) is 13.7. The molecule has 1 aliphatic rings. The van der Waals surface area contributed by atoms with E-state index in [1.807, 2.05) is 10.9 Å². The molecule has 0 aliphatic carbocycles. The maximum absolute atomic E-state index is 6.07. The van der Waals surface area contributed by atoms with E-state index < -0.39 is 0 Å². The van der Waals surface area contributed by atoms with Gasteiger partial charge in [0.25, 0.3) is 0 Å². The van der Waals surface area contributed by atoms with Crippen molar-refractivity contribution in [2.24, 2.45) is 5.73 Å². The normalized spacial score (nSPS) is 22.6. The van der Waals surface area contributed by atoms with Crippen molar-refractivity contribution in [3.8, 4) is 0 Å². The molecule has 1 aromatic heterocycles. The molecular formula is C15H28N4. The summed E-state index contributed by atoms with van der Waals surface area (Å²) >= 11 is 0. The molecule has 2 rings (SSSR count). The van der Waals surface area contributed by atoms with Gasteiger partial charge in [-0.2, -0.15) is 5.10 Å². The molecule has 0 bridgehead atoms. The van der Waals surface area contributed by atoms with Crippen LogP contribution in [0, 0.1) is 0 Å². The van der Waals surface area contributed by atoms with Crippen LogP contribution in [0.1, 0.15) is 57.6 Å². The molecule has 4 nitrogen and oxygen atoms in total. The molecule has 0 amide bonds. The van der Waals surface area contributed by atoms with Crippen LogP contribution in [0.15, 0.2) is 12.4 Å². The van der Waals surface area contributed by atoms with Crippen LogP contribution in [0.5, 0.6) is 0 Å². The minimum atomic E-state index is 0.345. The molecule has 108 valence electrons. The van der Waals surface area contributed by atoms with Crippen molar-refractivity contribution >= 4 is 0 Å². The molecule has 1 aliphatic heterocycles. The second-order valence-corrected chi connectivity index (χ2v) is 5.56. The van der Waals surface area contributed by atoms with Gasteiger partial charge in [0.15, 0.2) is 0 Å². The van der Waals surface area contributed by atoms with Crippen molar-refractivity contribution in [3.63, 3.8) is 0 Å². The Balaban J connectivity index is 2.14. The van der Waals surface area contributed by atoms with Crippen LogP contribution in [-0.2, 0) is 6.54 Å². The van der Waals surface area contributed by atoms with E-state index in [-0.39, 0.29) is 0 Å². The third kappa shape index (κ3) is 3.37. The van der Waals surface area contributed by atoms with Crippen molar-refractivity contribution < 1.29 is 0 Å². The van der Waals surface area contributed by atoms with E-state index in [1.54, 1.807) is 0 Å². The standard InChI is InChI=1S/C15H28N4/c1-3-7-14-8-5-6-9-19(14)15(10-16)13-11-17-18(4-2)12-13/h11-12,14-15H,3-10,16H2,1-2H3. The number of hydrogen-bond donors (Lipinski definition) is 1. The van der Waals surface area contributed by atoms with Gasteiger partial charge in [0.1, 0.15) is 0 Å². The third-order valence-electron chi connectivity index (χ3n) is 4.28. The molecule has 1 aromatic rings. The molecule has 2 atom stereocenters. The fourth-order valence-electron chi connectivity index (χ4n) is 3.26. The van der Waals surface area contributed by atoms with Crippen LogP contribution in [0.2, 0.25) is 0 Å². The molecule has 2 unspecified atom stereocenters. The number of hydrogen-bond acceptors (Lipinski definition) is 3. The van der Waals surface area contributed by atoms with Gasteiger partial charge in [0, 0.05) is 30.9 Å². The molecule has 0 aromatic carbocycles. The maximum Gasteiger partial charge on any atom is 0.0538 e. The van der Waals surface area contributed by atoms with Crippen LogP contribution in [0.25, 0.3) is 0 Å². The lowest BCUT2D eigenvalue weighted by Gasteiger charge is -2.40. The first-order chi connectivity index (χ1) is 9.30. The Labute approximate surface area is 117 Å². The molecule has 4 heteroatoms. The van der Waals surface area contributed by atoms with Crippen LogP contribution >= 0.6 is 0 Å². The van der Waals surface area contributed by atoms with E-state index in [4.69, 9.17) is 5.73 Å². The smallest absolute Gasteiger partial charge is 0.0538 e. The van der Waals surface area contributed by atoms with Crippen LogP contribution < -0.4 is 5.73 Å².